The Bertz CT molecular complexity index is 877. The minimum Gasteiger partial charge on any atom is -0.368 e. The lowest BCUT2D eigenvalue weighted by atomic mass is 10.2. The molecule has 0 atom stereocenters. The van der Waals surface area contributed by atoms with Crippen LogP contribution in [0.4, 0.5) is 23.4 Å². The number of alkyl halides is 3. The summed E-state index contributed by atoms with van der Waals surface area (Å²) in [4.78, 5) is 27.4. The molecule has 0 saturated carbocycles. The van der Waals surface area contributed by atoms with E-state index in [1.54, 1.807) is 0 Å². The van der Waals surface area contributed by atoms with Gasteiger partial charge in [0.05, 0.1) is 11.1 Å². The van der Waals surface area contributed by atoms with E-state index < -0.39 is 29.4 Å². The van der Waals surface area contributed by atoms with Gasteiger partial charge >= 0.3 is 6.18 Å². The predicted octanol–water partition coefficient (Wildman–Crippen LogP) is 3.35. The van der Waals surface area contributed by atoms with Crippen LogP contribution in [0.2, 0.25) is 0 Å². The zero-order valence-electron chi connectivity index (χ0n) is 14.9. The maximum absolute atomic E-state index is 13.2. The monoisotopic (exact) mass is 476 g/mol. The van der Waals surface area contributed by atoms with Crippen LogP contribution in [0.3, 0.4) is 0 Å². The molecule has 2 aromatic rings. The van der Waals surface area contributed by atoms with Gasteiger partial charge in [0.25, 0.3) is 5.91 Å². The Labute approximate surface area is 172 Å². The highest BCUT2D eigenvalue weighted by Crippen LogP contribution is 2.33. The molecule has 2 rings (SSSR count). The van der Waals surface area contributed by atoms with Gasteiger partial charge < -0.3 is 16.0 Å². The highest BCUT2D eigenvalue weighted by Gasteiger charge is 2.33. The molecule has 2 amide bonds. The van der Waals surface area contributed by atoms with Crippen LogP contribution in [0.5, 0.6) is 0 Å². The Hall–Kier alpha value is -2.69. The summed E-state index contributed by atoms with van der Waals surface area (Å²) >= 11 is 3.14. The van der Waals surface area contributed by atoms with Crippen LogP contribution in [-0.4, -0.2) is 36.4 Å². The molecule has 0 aliphatic rings. The van der Waals surface area contributed by atoms with Gasteiger partial charge in [0, 0.05) is 36.7 Å². The Morgan fingerprint density at radius 3 is 2.55 bits per heavy atom. The number of carbonyl (C=O) groups is 2. The molecule has 156 valence electrons. The largest absolute Gasteiger partial charge is 0.419 e. The second kappa shape index (κ2) is 10.2. The minimum absolute atomic E-state index is 0.0134. The number of pyridine rings is 1. The average Bonchev–Trinajstić information content (AvgIpc) is 2.66. The Balaban J connectivity index is 1.71. The molecule has 0 bridgehead atoms. The maximum Gasteiger partial charge on any atom is 0.419 e. The molecule has 0 aliphatic carbocycles. The van der Waals surface area contributed by atoms with E-state index in [0.29, 0.717) is 4.47 Å². The summed E-state index contributed by atoms with van der Waals surface area (Å²) in [5, 5.41) is 7.53. The Morgan fingerprint density at radius 1 is 1.07 bits per heavy atom. The van der Waals surface area contributed by atoms with Crippen LogP contribution in [0.1, 0.15) is 22.3 Å². The van der Waals surface area contributed by atoms with E-state index in [9.17, 15) is 27.2 Å². The zero-order chi connectivity index (χ0) is 21.4. The summed E-state index contributed by atoms with van der Waals surface area (Å²) in [6.45, 7) is 0.115. The van der Waals surface area contributed by atoms with Crippen molar-refractivity contribution in [2.24, 2.45) is 0 Å². The van der Waals surface area contributed by atoms with Crippen molar-refractivity contribution in [1.82, 2.24) is 15.6 Å². The number of hydrogen-bond acceptors (Lipinski definition) is 4. The molecule has 11 heteroatoms. The second-order valence-corrected chi connectivity index (χ2v) is 6.66. The third kappa shape index (κ3) is 7.00. The van der Waals surface area contributed by atoms with Gasteiger partial charge in [0.15, 0.2) is 0 Å². The van der Waals surface area contributed by atoms with Crippen molar-refractivity contribution in [3.63, 3.8) is 0 Å². The molecular weight excluding hydrogens is 460 g/mol. The first-order valence-electron chi connectivity index (χ1n) is 8.44. The molecule has 0 unspecified atom stereocenters. The molecule has 0 spiro atoms. The number of nitrogens with one attached hydrogen (secondary N) is 3. The quantitative estimate of drug-likeness (QED) is 0.403. The van der Waals surface area contributed by atoms with Crippen LogP contribution < -0.4 is 16.0 Å². The number of hydrogen-bond donors (Lipinski definition) is 3. The molecule has 3 N–H and O–H groups in total. The van der Waals surface area contributed by atoms with Crippen molar-refractivity contribution < 1.29 is 27.2 Å². The zero-order valence-corrected chi connectivity index (χ0v) is 16.5. The van der Waals surface area contributed by atoms with Crippen LogP contribution in [0.15, 0.2) is 41.0 Å². The lowest BCUT2D eigenvalue weighted by molar-refractivity contribution is -0.137. The van der Waals surface area contributed by atoms with Crippen molar-refractivity contribution in [2.75, 3.05) is 25.0 Å². The van der Waals surface area contributed by atoms with Gasteiger partial charge in [-0.3, -0.25) is 9.59 Å². The molecule has 0 radical (unpaired) electrons. The number of carbonyl (C=O) groups excluding carboxylic acids is 2. The third-order valence-electron chi connectivity index (χ3n) is 3.66. The topological polar surface area (TPSA) is 83.1 Å². The smallest absolute Gasteiger partial charge is 0.368 e. The lowest BCUT2D eigenvalue weighted by Gasteiger charge is -2.13. The summed E-state index contributed by atoms with van der Waals surface area (Å²) in [7, 11) is 0. The summed E-state index contributed by atoms with van der Waals surface area (Å²) in [6.07, 6.45) is -3.35. The number of benzene rings is 1. The number of anilines is 1. The summed E-state index contributed by atoms with van der Waals surface area (Å²) < 4.78 is 52.2. The van der Waals surface area contributed by atoms with E-state index in [1.165, 1.54) is 24.4 Å². The van der Waals surface area contributed by atoms with E-state index in [2.05, 4.69) is 36.9 Å². The molecule has 0 fully saturated rings. The molecular formula is C18H17BrF4N4O2. The first-order valence-corrected chi connectivity index (χ1v) is 9.24. The first-order chi connectivity index (χ1) is 13.7. The van der Waals surface area contributed by atoms with Gasteiger partial charge in [-0.1, -0.05) is 0 Å². The molecule has 1 heterocycles. The molecule has 6 nitrogen and oxygen atoms in total. The van der Waals surface area contributed by atoms with Gasteiger partial charge in [0.1, 0.15) is 11.6 Å². The van der Waals surface area contributed by atoms with Gasteiger partial charge in [-0.25, -0.2) is 9.37 Å². The van der Waals surface area contributed by atoms with E-state index in [1.807, 2.05) is 0 Å². The van der Waals surface area contributed by atoms with Crippen LogP contribution in [0.25, 0.3) is 0 Å². The third-order valence-corrected chi connectivity index (χ3v) is 4.35. The van der Waals surface area contributed by atoms with Gasteiger partial charge in [-0.05, 0) is 46.3 Å². The van der Waals surface area contributed by atoms with Crippen molar-refractivity contribution in [3.05, 3.63) is 57.9 Å². The molecule has 1 aromatic carbocycles. The van der Waals surface area contributed by atoms with Crippen LogP contribution >= 0.6 is 15.9 Å². The van der Waals surface area contributed by atoms with Crippen molar-refractivity contribution in [3.8, 4) is 0 Å². The summed E-state index contributed by atoms with van der Waals surface area (Å²) in [5.74, 6) is -1.82. The first kappa shape index (κ1) is 22.6. The fourth-order valence-corrected chi connectivity index (χ4v) is 2.73. The maximum atomic E-state index is 13.2. The minimum atomic E-state index is -4.53. The van der Waals surface area contributed by atoms with E-state index in [4.69, 9.17) is 0 Å². The molecule has 0 aliphatic heterocycles. The molecule has 0 saturated heterocycles. The van der Waals surface area contributed by atoms with Gasteiger partial charge in [-0.2, -0.15) is 13.2 Å². The predicted molar refractivity (Wildman–Crippen MR) is 102 cm³/mol. The summed E-state index contributed by atoms with van der Waals surface area (Å²) in [5.41, 5.74) is -0.789. The average molecular weight is 477 g/mol. The van der Waals surface area contributed by atoms with E-state index in [0.717, 1.165) is 12.1 Å². The van der Waals surface area contributed by atoms with Crippen molar-refractivity contribution in [2.45, 2.75) is 12.6 Å². The second-order valence-electron chi connectivity index (χ2n) is 5.80. The Kier molecular flexibility index (Phi) is 7.94. The fourth-order valence-electron chi connectivity index (χ4n) is 2.30. The summed E-state index contributed by atoms with van der Waals surface area (Å²) in [6, 6.07) is 5.76. The highest BCUT2D eigenvalue weighted by atomic mass is 79.9. The normalized spacial score (nSPS) is 11.1. The number of nitrogens with zero attached hydrogens (tertiary/aromatic N) is 1. The van der Waals surface area contributed by atoms with E-state index >= 15 is 0 Å². The number of rotatable bonds is 8. The highest BCUT2D eigenvalue weighted by molar-refractivity contribution is 9.10. The number of amides is 2. The number of halogens is 5. The fraction of sp³-hybridized carbons (Fsp3) is 0.278. The van der Waals surface area contributed by atoms with Crippen molar-refractivity contribution in [1.29, 1.82) is 0 Å². The number of aromatic nitrogens is 1. The van der Waals surface area contributed by atoms with Crippen LogP contribution in [0, 0.1) is 5.82 Å². The van der Waals surface area contributed by atoms with Crippen molar-refractivity contribution >= 4 is 33.6 Å². The molecule has 29 heavy (non-hydrogen) atoms. The standard InChI is InChI=1S/C18H17BrF4N4O2/c19-14-4-3-11(20)10-12(14)17(29)27-7-5-15(28)24-8-9-26-16-13(18(21,22)23)2-1-6-25-16/h1-4,6,10H,5,7-9H2,(H,24,28)(H,25,26)(H,27,29). The lowest BCUT2D eigenvalue weighted by Crippen LogP contribution is -2.33. The molecule has 1 aromatic heterocycles. The SMILES string of the molecule is O=C(CCNC(=O)c1cc(F)ccc1Br)NCCNc1ncccc1C(F)(F)F. The van der Waals surface area contributed by atoms with Crippen LogP contribution in [-0.2, 0) is 11.0 Å². The van der Waals surface area contributed by atoms with Gasteiger partial charge in [-0.15, -0.1) is 0 Å². The van der Waals surface area contributed by atoms with E-state index in [-0.39, 0.29) is 37.4 Å². The Morgan fingerprint density at radius 2 is 1.83 bits per heavy atom. The van der Waals surface area contributed by atoms with Gasteiger partial charge in [0.2, 0.25) is 5.91 Å².